The van der Waals surface area contributed by atoms with Crippen LogP contribution in [0.5, 0.6) is 0 Å². The lowest BCUT2D eigenvalue weighted by Crippen LogP contribution is -2.33. The molecule has 0 aromatic carbocycles. The number of fused-ring (bicyclic) bond motifs is 1. The highest BCUT2D eigenvalue weighted by Gasteiger charge is 2.24. The van der Waals surface area contributed by atoms with Crippen LogP contribution in [0.1, 0.15) is 34.1 Å². The molecule has 0 saturated carbocycles. The van der Waals surface area contributed by atoms with Crippen molar-refractivity contribution in [2.45, 2.75) is 40.2 Å². The highest BCUT2D eigenvalue weighted by Crippen LogP contribution is 2.27. The van der Waals surface area contributed by atoms with E-state index in [1.807, 2.05) is 0 Å². The van der Waals surface area contributed by atoms with Crippen LogP contribution >= 0.6 is 0 Å². The van der Waals surface area contributed by atoms with Gasteiger partial charge in [0.15, 0.2) is 11.5 Å². The van der Waals surface area contributed by atoms with E-state index in [4.69, 9.17) is 5.73 Å². The third kappa shape index (κ3) is 2.37. The van der Waals surface area contributed by atoms with Gasteiger partial charge < -0.3 is 16.0 Å². The van der Waals surface area contributed by atoms with E-state index in [0.717, 1.165) is 11.9 Å². The summed E-state index contributed by atoms with van der Waals surface area (Å²) in [6.07, 6.45) is 2.60. The normalized spacial score (nSPS) is 13.8. The van der Waals surface area contributed by atoms with Gasteiger partial charge in [0.1, 0.15) is 5.52 Å². The second-order valence-corrected chi connectivity index (χ2v) is 5.50. The average molecular weight is 248 g/mol. The second-order valence-electron chi connectivity index (χ2n) is 5.50. The Morgan fingerprint density at radius 2 is 2.11 bits per heavy atom. The van der Waals surface area contributed by atoms with E-state index in [-0.39, 0.29) is 11.4 Å². The number of aromatic nitrogens is 4. The van der Waals surface area contributed by atoms with Crippen molar-refractivity contribution in [3.05, 3.63) is 6.33 Å². The van der Waals surface area contributed by atoms with Gasteiger partial charge in [-0.05, 0) is 11.8 Å². The summed E-state index contributed by atoms with van der Waals surface area (Å²) in [6.45, 7) is 8.73. The number of nitrogens with two attached hydrogens (primary N) is 1. The maximum absolute atomic E-state index is 5.70. The first-order valence-electron chi connectivity index (χ1n) is 6.15. The Morgan fingerprint density at radius 3 is 2.72 bits per heavy atom. The molecule has 6 nitrogen and oxygen atoms in total. The van der Waals surface area contributed by atoms with Crippen LogP contribution in [0.4, 0.5) is 11.8 Å². The van der Waals surface area contributed by atoms with Crippen LogP contribution < -0.4 is 11.1 Å². The second kappa shape index (κ2) is 4.44. The Balaban J connectivity index is 2.39. The zero-order valence-corrected chi connectivity index (χ0v) is 11.3. The topological polar surface area (TPSA) is 92.5 Å². The third-order valence-corrected chi connectivity index (χ3v) is 3.06. The van der Waals surface area contributed by atoms with Gasteiger partial charge in [-0.15, -0.1) is 0 Å². The quantitative estimate of drug-likeness (QED) is 0.774. The largest absolute Gasteiger partial charge is 0.368 e. The van der Waals surface area contributed by atoms with E-state index in [9.17, 15) is 0 Å². The van der Waals surface area contributed by atoms with Gasteiger partial charge in [-0.2, -0.15) is 9.97 Å². The number of hydrogen-bond donors (Lipinski definition) is 3. The van der Waals surface area contributed by atoms with Crippen LogP contribution in [0.25, 0.3) is 11.2 Å². The van der Waals surface area contributed by atoms with Crippen LogP contribution in [0.15, 0.2) is 6.33 Å². The summed E-state index contributed by atoms with van der Waals surface area (Å²) in [4.78, 5) is 15.5. The molecule has 0 bridgehead atoms. The minimum atomic E-state index is 0.136. The predicted molar refractivity (Wildman–Crippen MR) is 73.3 cm³/mol. The molecule has 2 heterocycles. The molecule has 1 atom stereocenters. The van der Waals surface area contributed by atoms with Crippen molar-refractivity contribution in [3.8, 4) is 0 Å². The Morgan fingerprint density at radius 1 is 1.39 bits per heavy atom. The van der Waals surface area contributed by atoms with Gasteiger partial charge in [-0.3, -0.25) is 0 Å². The van der Waals surface area contributed by atoms with E-state index in [0.29, 0.717) is 17.5 Å². The lowest BCUT2D eigenvalue weighted by Gasteiger charge is -2.31. The molecule has 6 heteroatoms. The molecule has 0 aliphatic carbocycles. The van der Waals surface area contributed by atoms with Gasteiger partial charge in [0.25, 0.3) is 0 Å². The summed E-state index contributed by atoms with van der Waals surface area (Å²) < 4.78 is 0. The lowest BCUT2D eigenvalue weighted by atomic mass is 9.85. The van der Waals surface area contributed by atoms with E-state index < -0.39 is 0 Å². The van der Waals surface area contributed by atoms with E-state index in [2.05, 4.69) is 52.9 Å². The summed E-state index contributed by atoms with van der Waals surface area (Å²) >= 11 is 0. The van der Waals surface area contributed by atoms with Crippen LogP contribution in [0.3, 0.4) is 0 Å². The van der Waals surface area contributed by atoms with E-state index in [1.165, 1.54) is 0 Å². The third-order valence-electron chi connectivity index (χ3n) is 3.06. The molecular formula is C12H20N6. The standard InChI is InChI=1S/C12H20N6/c1-5-7(12(2,3)4)16-10-8-9(15-6-14-8)17-11(13)18-10/h6-7H,5H2,1-4H3,(H4,13,14,15,16,17,18)/t7-/m0/s1. The molecule has 0 fully saturated rings. The SMILES string of the molecule is CC[C@H](Nc1nc(N)nc2[nH]cnc12)C(C)(C)C. The van der Waals surface area contributed by atoms with Gasteiger partial charge in [-0.1, -0.05) is 27.7 Å². The zero-order valence-electron chi connectivity index (χ0n) is 11.3. The molecule has 98 valence electrons. The van der Waals surface area contributed by atoms with Crippen molar-refractivity contribution >= 4 is 22.9 Å². The molecule has 2 aromatic rings. The minimum absolute atomic E-state index is 0.136. The fourth-order valence-electron chi connectivity index (χ4n) is 2.05. The number of imidazole rings is 1. The lowest BCUT2D eigenvalue weighted by molar-refractivity contribution is 0.333. The first-order chi connectivity index (χ1) is 8.41. The number of hydrogen-bond acceptors (Lipinski definition) is 5. The van der Waals surface area contributed by atoms with Crippen molar-refractivity contribution in [1.29, 1.82) is 0 Å². The molecular weight excluding hydrogens is 228 g/mol. The monoisotopic (exact) mass is 248 g/mol. The molecule has 0 amide bonds. The highest BCUT2D eigenvalue weighted by atomic mass is 15.1. The smallest absolute Gasteiger partial charge is 0.224 e. The summed E-state index contributed by atoms with van der Waals surface area (Å²) in [5.74, 6) is 0.943. The Labute approximate surface area is 106 Å². The Hall–Kier alpha value is -1.85. The fraction of sp³-hybridized carbons (Fsp3) is 0.583. The summed E-state index contributed by atoms with van der Waals surface area (Å²) in [6, 6.07) is 0.298. The van der Waals surface area contributed by atoms with Crippen LogP contribution in [0.2, 0.25) is 0 Å². The van der Waals surface area contributed by atoms with Gasteiger partial charge in [0.2, 0.25) is 5.95 Å². The molecule has 0 spiro atoms. The molecule has 2 aromatic heterocycles. The molecule has 2 rings (SSSR count). The predicted octanol–water partition coefficient (Wildman–Crippen LogP) is 2.17. The first kappa shape index (κ1) is 12.6. The van der Waals surface area contributed by atoms with Crippen LogP contribution in [-0.2, 0) is 0 Å². The number of nitrogen functional groups attached to an aromatic ring is 1. The van der Waals surface area contributed by atoms with E-state index >= 15 is 0 Å². The number of aromatic amines is 1. The molecule has 0 radical (unpaired) electrons. The van der Waals surface area contributed by atoms with E-state index in [1.54, 1.807) is 6.33 Å². The maximum Gasteiger partial charge on any atom is 0.224 e. The average Bonchev–Trinajstić information content (AvgIpc) is 2.71. The van der Waals surface area contributed by atoms with Gasteiger partial charge in [0.05, 0.1) is 6.33 Å². The minimum Gasteiger partial charge on any atom is -0.368 e. The molecule has 0 aliphatic heterocycles. The zero-order chi connectivity index (χ0) is 13.3. The molecule has 0 saturated heterocycles. The summed E-state index contributed by atoms with van der Waals surface area (Å²) in [7, 11) is 0. The van der Waals surface area contributed by atoms with Crippen molar-refractivity contribution in [2.75, 3.05) is 11.1 Å². The summed E-state index contributed by atoms with van der Waals surface area (Å²) in [5, 5.41) is 3.42. The highest BCUT2D eigenvalue weighted by molar-refractivity contribution is 5.83. The van der Waals surface area contributed by atoms with Crippen molar-refractivity contribution < 1.29 is 0 Å². The molecule has 18 heavy (non-hydrogen) atoms. The van der Waals surface area contributed by atoms with Crippen LogP contribution in [0, 0.1) is 5.41 Å². The van der Waals surface area contributed by atoms with Crippen molar-refractivity contribution in [3.63, 3.8) is 0 Å². The maximum atomic E-state index is 5.70. The number of anilines is 2. The molecule has 0 aliphatic rings. The fourth-order valence-corrected chi connectivity index (χ4v) is 2.05. The van der Waals surface area contributed by atoms with Crippen LogP contribution in [-0.4, -0.2) is 26.0 Å². The molecule has 0 unspecified atom stereocenters. The Bertz CT molecular complexity index is 539. The summed E-state index contributed by atoms with van der Waals surface area (Å²) in [5.41, 5.74) is 7.23. The number of H-pyrrole nitrogens is 1. The number of rotatable bonds is 3. The van der Waals surface area contributed by atoms with Gasteiger partial charge in [0, 0.05) is 6.04 Å². The number of nitrogens with one attached hydrogen (secondary N) is 2. The molecule has 4 N–H and O–H groups in total. The van der Waals surface area contributed by atoms with Gasteiger partial charge >= 0.3 is 0 Å². The van der Waals surface area contributed by atoms with Crippen molar-refractivity contribution in [1.82, 2.24) is 19.9 Å². The number of nitrogens with zero attached hydrogens (tertiary/aromatic N) is 3. The Kier molecular flexibility index (Phi) is 3.11. The van der Waals surface area contributed by atoms with Crippen molar-refractivity contribution in [2.24, 2.45) is 5.41 Å². The first-order valence-corrected chi connectivity index (χ1v) is 6.15. The van der Waals surface area contributed by atoms with Gasteiger partial charge in [-0.25, -0.2) is 4.98 Å².